The van der Waals surface area contributed by atoms with Gasteiger partial charge in [-0.3, -0.25) is 0 Å². The van der Waals surface area contributed by atoms with Gasteiger partial charge in [-0.05, 0) is 41.5 Å². The predicted molar refractivity (Wildman–Crippen MR) is 76.9 cm³/mol. The molecule has 0 saturated carbocycles. The van der Waals surface area contributed by atoms with Crippen LogP contribution in [0.15, 0.2) is 36.4 Å². The normalized spacial score (nSPS) is 10.6. The average molecular weight is 260 g/mol. The smallest absolute Gasteiger partial charge is 0.120 e. The second-order valence-electron chi connectivity index (χ2n) is 4.44. The Kier molecular flexibility index (Phi) is 5.04. The van der Waals surface area contributed by atoms with Gasteiger partial charge in [-0.15, -0.1) is 0 Å². The Hall–Kier alpha value is -1.74. The molecule has 0 amide bonds. The molecule has 3 heteroatoms. The van der Waals surface area contributed by atoms with Gasteiger partial charge in [0.25, 0.3) is 0 Å². The number of aliphatic hydroxyl groups excluding tert-OH is 1. The molecule has 19 heavy (non-hydrogen) atoms. The van der Waals surface area contributed by atoms with E-state index in [1.165, 1.54) is 0 Å². The highest BCUT2D eigenvalue weighted by Gasteiger charge is 2.00. The maximum Gasteiger partial charge on any atom is 0.120 e. The molecule has 0 saturated heterocycles. The van der Waals surface area contributed by atoms with Crippen molar-refractivity contribution < 1.29 is 14.6 Å². The SMILES string of the molecule is CCCCOc1ccc2cc(OCCO)ccc2c1. The van der Waals surface area contributed by atoms with Crippen LogP contribution in [-0.2, 0) is 0 Å². The number of unbranched alkanes of at least 4 members (excludes halogenated alkanes) is 1. The van der Waals surface area contributed by atoms with Crippen molar-refractivity contribution in [1.82, 2.24) is 0 Å². The van der Waals surface area contributed by atoms with Gasteiger partial charge in [0, 0.05) is 0 Å². The Morgan fingerprint density at radius 3 is 2.00 bits per heavy atom. The van der Waals surface area contributed by atoms with Crippen LogP contribution in [0.1, 0.15) is 19.8 Å². The zero-order valence-electron chi connectivity index (χ0n) is 11.3. The first-order valence-corrected chi connectivity index (χ1v) is 6.74. The fourth-order valence-electron chi connectivity index (χ4n) is 1.88. The van der Waals surface area contributed by atoms with Crippen molar-refractivity contribution in [2.45, 2.75) is 19.8 Å². The van der Waals surface area contributed by atoms with Gasteiger partial charge in [0.2, 0.25) is 0 Å². The predicted octanol–water partition coefficient (Wildman–Crippen LogP) is 3.39. The molecule has 0 atom stereocenters. The molecule has 0 aliphatic carbocycles. The molecular weight excluding hydrogens is 240 g/mol. The minimum atomic E-state index is 0.0300. The highest BCUT2D eigenvalue weighted by Crippen LogP contribution is 2.25. The molecule has 2 rings (SSSR count). The summed E-state index contributed by atoms with van der Waals surface area (Å²) in [5.41, 5.74) is 0. The summed E-state index contributed by atoms with van der Waals surface area (Å²) in [7, 11) is 0. The van der Waals surface area contributed by atoms with E-state index in [2.05, 4.69) is 6.92 Å². The second kappa shape index (κ2) is 7.00. The van der Waals surface area contributed by atoms with Crippen molar-refractivity contribution in [3.05, 3.63) is 36.4 Å². The van der Waals surface area contributed by atoms with Crippen LogP contribution < -0.4 is 9.47 Å². The third-order valence-corrected chi connectivity index (χ3v) is 2.91. The van der Waals surface area contributed by atoms with E-state index in [0.29, 0.717) is 6.61 Å². The van der Waals surface area contributed by atoms with Crippen molar-refractivity contribution in [1.29, 1.82) is 0 Å². The molecule has 0 spiro atoms. The number of benzene rings is 2. The first kappa shape index (κ1) is 13.7. The third-order valence-electron chi connectivity index (χ3n) is 2.91. The molecule has 0 radical (unpaired) electrons. The van der Waals surface area contributed by atoms with E-state index in [1.807, 2.05) is 36.4 Å². The third kappa shape index (κ3) is 3.86. The van der Waals surface area contributed by atoms with Crippen LogP contribution in [-0.4, -0.2) is 24.9 Å². The fraction of sp³-hybridized carbons (Fsp3) is 0.375. The molecule has 1 N–H and O–H groups in total. The number of hydrogen-bond donors (Lipinski definition) is 1. The van der Waals surface area contributed by atoms with Gasteiger partial charge in [-0.2, -0.15) is 0 Å². The highest BCUT2D eigenvalue weighted by molar-refractivity contribution is 5.85. The molecule has 0 aliphatic rings. The van der Waals surface area contributed by atoms with Gasteiger partial charge in [0.15, 0.2) is 0 Å². The number of aliphatic hydroxyl groups is 1. The molecule has 2 aromatic carbocycles. The van der Waals surface area contributed by atoms with E-state index in [9.17, 15) is 0 Å². The van der Waals surface area contributed by atoms with Crippen LogP contribution in [0.5, 0.6) is 11.5 Å². The van der Waals surface area contributed by atoms with Crippen molar-refractivity contribution in [2.24, 2.45) is 0 Å². The molecule has 3 nitrogen and oxygen atoms in total. The van der Waals surface area contributed by atoms with E-state index in [0.717, 1.165) is 41.7 Å². The molecule has 0 bridgehead atoms. The Morgan fingerprint density at radius 1 is 0.895 bits per heavy atom. The highest BCUT2D eigenvalue weighted by atomic mass is 16.5. The lowest BCUT2D eigenvalue weighted by atomic mass is 10.1. The Labute approximate surface area is 113 Å². The summed E-state index contributed by atoms with van der Waals surface area (Å²) in [6.07, 6.45) is 2.21. The molecule has 0 heterocycles. The van der Waals surface area contributed by atoms with Crippen LogP contribution in [0.3, 0.4) is 0 Å². The Morgan fingerprint density at radius 2 is 1.47 bits per heavy atom. The van der Waals surface area contributed by atoms with Gasteiger partial charge < -0.3 is 14.6 Å². The molecule has 0 fully saturated rings. The maximum atomic E-state index is 8.74. The maximum absolute atomic E-state index is 8.74. The summed E-state index contributed by atoms with van der Waals surface area (Å²) in [5.74, 6) is 1.69. The van der Waals surface area contributed by atoms with Crippen molar-refractivity contribution in [3.63, 3.8) is 0 Å². The first-order chi connectivity index (χ1) is 9.33. The molecule has 2 aromatic rings. The lowest BCUT2D eigenvalue weighted by molar-refractivity contribution is 0.201. The number of hydrogen-bond acceptors (Lipinski definition) is 3. The summed E-state index contributed by atoms with van der Waals surface area (Å²) in [5, 5.41) is 11.0. The lowest BCUT2D eigenvalue weighted by Gasteiger charge is -2.08. The lowest BCUT2D eigenvalue weighted by Crippen LogP contribution is -2.01. The average Bonchev–Trinajstić information content (AvgIpc) is 2.45. The van der Waals surface area contributed by atoms with Gasteiger partial charge in [0.05, 0.1) is 13.2 Å². The summed E-state index contributed by atoms with van der Waals surface area (Å²) in [6.45, 7) is 3.27. The van der Waals surface area contributed by atoms with Gasteiger partial charge in [0.1, 0.15) is 18.1 Å². The van der Waals surface area contributed by atoms with Gasteiger partial charge >= 0.3 is 0 Å². The number of fused-ring (bicyclic) bond motifs is 1. The monoisotopic (exact) mass is 260 g/mol. The number of rotatable bonds is 7. The van der Waals surface area contributed by atoms with E-state index in [4.69, 9.17) is 14.6 Å². The zero-order valence-corrected chi connectivity index (χ0v) is 11.3. The zero-order chi connectivity index (χ0) is 13.5. The molecular formula is C16H20O3. The molecule has 102 valence electrons. The summed E-state index contributed by atoms with van der Waals surface area (Å²) in [4.78, 5) is 0. The summed E-state index contributed by atoms with van der Waals surface area (Å²) >= 11 is 0. The number of ether oxygens (including phenoxy) is 2. The second-order valence-corrected chi connectivity index (χ2v) is 4.44. The minimum Gasteiger partial charge on any atom is -0.494 e. The Balaban J connectivity index is 2.11. The largest absolute Gasteiger partial charge is 0.494 e. The van der Waals surface area contributed by atoms with Crippen LogP contribution in [0.25, 0.3) is 10.8 Å². The van der Waals surface area contributed by atoms with Crippen molar-refractivity contribution >= 4 is 10.8 Å². The van der Waals surface area contributed by atoms with E-state index in [1.54, 1.807) is 0 Å². The van der Waals surface area contributed by atoms with Crippen LogP contribution in [0.4, 0.5) is 0 Å². The van der Waals surface area contributed by atoms with Gasteiger partial charge in [-0.1, -0.05) is 25.5 Å². The standard InChI is InChI=1S/C16H20O3/c1-2-3-9-18-15-6-4-14-12-16(19-10-8-17)7-5-13(14)11-15/h4-7,11-12,17H,2-3,8-10H2,1H3. The van der Waals surface area contributed by atoms with E-state index < -0.39 is 0 Å². The fourth-order valence-corrected chi connectivity index (χ4v) is 1.88. The topological polar surface area (TPSA) is 38.7 Å². The Bertz CT molecular complexity index is 522. The van der Waals surface area contributed by atoms with E-state index in [-0.39, 0.29) is 6.61 Å². The van der Waals surface area contributed by atoms with Crippen molar-refractivity contribution in [3.8, 4) is 11.5 Å². The van der Waals surface area contributed by atoms with Crippen molar-refractivity contribution in [2.75, 3.05) is 19.8 Å². The van der Waals surface area contributed by atoms with Crippen LogP contribution in [0, 0.1) is 0 Å². The molecule has 0 unspecified atom stereocenters. The quantitative estimate of drug-likeness (QED) is 0.775. The summed E-state index contributed by atoms with van der Waals surface area (Å²) < 4.78 is 11.1. The summed E-state index contributed by atoms with van der Waals surface area (Å²) in [6, 6.07) is 11.9. The van der Waals surface area contributed by atoms with Gasteiger partial charge in [-0.25, -0.2) is 0 Å². The van der Waals surface area contributed by atoms with Crippen LogP contribution in [0.2, 0.25) is 0 Å². The first-order valence-electron chi connectivity index (χ1n) is 6.74. The van der Waals surface area contributed by atoms with Crippen LogP contribution >= 0.6 is 0 Å². The molecule has 0 aromatic heterocycles. The van der Waals surface area contributed by atoms with E-state index >= 15 is 0 Å². The molecule has 0 aliphatic heterocycles. The minimum absolute atomic E-state index is 0.0300.